The third kappa shape index (κ3) is 4.79. The van der Waals surface area contributed by atoms with E-state index in [0.29, 0.717) is 43.4 Å². The van der Waals surface area contributed by atoms with E-state index < -0.39 is 0 Å². The lowest BCUT2D eigenvalue weighted by atomic mass is 10.2. The summed E-state index contributed by atoms with van der Waals surface area (Å²) in [6.45, 7) is 6.61. The molecule has 1 aromatic heterocycles. The predicted octanol–water partition coefficient (Wildman–Crippen LogP) is 4.61. The van der Waals surface area contributed by atoms with Crippen LogP contribution in [-0.4, -0.2) is 47.0 Å². The molecule has 1 aliphatic rings. The van der Waals surface area contributed by atoms with Crippen molar-refractivity contribution in [2.24, 2.45) is 0 Å². The Morgan fingerprint density at radius 2 is 1.60 bits per heavy atom. The second-order valence-electron chi connectivity index (χ2n) is 7.31. The molecule has 4 rings (SSSR count). The second-order valence-corrected chi connectivity index (χ2v) is 8.23. The van der Waals surface area contributed by atoms with E-state index in [-0.39, 0.29) is 5.91 Å². The van der Waals surface area contributed by atoms with Gasteiger partial charge in [0.05, 0.1) is 0 Å². The number of piperazine rings is 1. The summed E-state index contributed by atoms with van der Waals surface area (Å²) in [6, 6.07) is 17.2. The normalized spacial score (nSPS) is 14.0. The third-order valence-electron chi connectivity index (χ3n) is 5.03. The maximum absolute atomic E-state index is 12.7. The van der Waals surface area contributed by atoms with Crippen LogP contribution in [0.3, 0.4) is 0 Å². The molecule has 0 radical (unpaired) electrons. The molecular weight excluding hydrogens is 444 g/mol. The zero-order valence-electron chi connectivity index (χ0n) is 17.0. The molecule has 6 nitrogen and oxygen atoms in total. The number of rotatable bonds is 4. The van der Waals surface area contributed by atoms with E-state index in [9.17, 15) is 4.79 Å². The van der Waals surface area contributed by atoms with E-state index in [1.807, 2.05) is 73.3 Å². The standard InChI is InChI=1S/C23H23BrN4O2/c1-16-3-9-20(10-4-16)30-22-15-21(25-17(2)26-22)27-11-13-28(14-12-27)23(29)18-5-7-19(24)8-6-18/h3-10,15H,11-14H2,1-2H3. The van der Waals surface area contributed by atoms with Gasteiger partial charge in [-0.3, -0.25) is 4.79 Å². The van der Waals surface area contributed by atoms with Crippen LogP contribution in [0, 0.1) is 13.8 Å². The molecule has 154 valence electrons. The summed E-state index contributed by atoms with van der Waals surface area (Å²) in [7, 11) is 0. The van der Waals surface area contributed by atoms with Gasteiger partial charge in [0.25, 0.3) is 5.91 Å². The molecule has 1 saturated heterocycles. The number of ether oxygens (including phenoxy) is 1. The molecule has 0 bridgehead atoms. The Morgan fingerprint density at radius 1 is 0.933 bits per heavy atom. The Kier molecular flexibility index (Phi) is 5.99. The summed E-state index contributed by atoms with van der Waals surface area (Å²) in [4.78, 5) is 25.8. The summed E-state index contributed by atoms with van der Waals surface area (Å²) in [5.74, 6) is 2.80. The molecule has 30 heavy (non-hydrogen) atoms. The van der Waals surface area contributed by atoms with Crippen molar-refractivity contribution in [3.63, 3.8) is 0 Å². The van der Waals surface area contributed by atoms with Gasteiger partial charge in [0.1, 0.15) is 17.4 Å². The fourth-order valence-electron chi connectivity index (χ4n) is 3.38. The second kappa shape index (κ2) is 8.83. The molecule has 2 heterocycles. The Bertz CT molecular complexity index is 1030. The van der Waals surface area contributed by atoms with Crippen LogP contribution in [-0.2, 0) is 0 Å². The average Bonchev–Trinajstić information content (AvgIpc) is 2.75. The minimum atomic E-state index is 0.0596. The Morgan fingerprint density at radius 3 is 2.27 bits per heavy atom. The highest BCUT2D eigenvalue weighted by molar-refractivity contribution is 9.10. The van der Waals surface area contributed by atoms with Crippen LogP contribution in [0.5, 0.6) is 11.6 Å². The van der Waals surface area contributed by atoms with Crippen molar-refractivity contribution in [1.82, 2.24) is 14.9 Å². The smallest absolute Gasteiger partial charge is 0.253 e. The third-order valence-corrected chi connectivity index (χ3v) is 5.56. The SMILES string of the molecule is Cc1ccc(Oc2cc(N3CCN(C(=O)c4ccc(Br)cc4)CC3)nc(C)n2)cc1. The highest BCUT2D eigenvalue weighted by Gasteiger charge is 2.23. The Labute approximate surface area is 184 Å². The minimum Gasteiger partial charge on any atom is -0.439 e. The first-order valence-electron chi connectivity index (χ1n) is 9.88. The van der Waals surface area contributed by atoms with E-state index in [4.69, 9.17) is 4.74 Å². The van der Waals surface area contributed by atoms with Crippen LogP contribution in [0.1, 0.15) is 21.7 Å². The number of carbonyl (C=O) groups excluding carboxylic acids is 1. The molecule has 0 saturated carbocycles. The van der Waals surface area contributed by atoms with Crippen molar-refractivity contribution >= 4 is 27.7 Å². The Balaban J connectivity index is 1.42. The van der Waals surface area contributed by atoms with Gasteiger partial charge >= 0.3 is 0 Å². The van der Waals surface area contributed by atoms with Crippen molar-refractivity contribution in [2.45, 2.75) is 13.8 Å². The number of aromatic nitrogens is 2. The number of hydrogen-bond acceptors (Lipinski definition) is 5. The number of nitrogens with zero attached hydrogens (tertiary/aromatic N) is 4. The molecule has 2 aromatic carbocycles. The lowest BCUT2D eigenvalue weighted by molar-refractivity contribution is 0.0746. The first-order valence-corrected chi connectivity index (χ1v) is 10.7. The quantitative estimate of drug-likeness (QED) is 0.561. The zero-order chi connectivity index (χ0) is 21.1. The molecule has 7 heteroatoms. The number of aryl methyl sites for hydroxylation is 2. The highest BCUT2D eigenvalue weighted by Crippen LogP contribution is 2.24. The van der Waals surface area contributed by atoms with Crippen molar-refractivity contribution in [1.29, 1.82) is 0 Å². The first-order chi connectivity index (χ1) is 14.5. The molecule has 0 spiro atoms. The van der Waals surface area contributed by atoms with Crippen molar-refractivity contribution < 1.29 is 9.53 Å². The van der Waals surface area contributed by atoms with Gasteiger partial charge in [-0.1, -0.05) is 33.6 Å². The molecule has 1 fully saturated rings. The van der Waals surface area contributed by atoms with Gasteiger partial charge in [-0.25, -0.2) is 4.98 Å². The number of benzene rings is 2. The monoisotopic (exact) mass is 466 g/mol. The molecule has 3 aromatic rings. The van der Waals surface area contributed by atoms with Crippen LogP contribution in [0.25, 0.3) is 0 Å². The van der Waals surface area contributed by atoms with Crippen LogP contribution in [0.2, 0.25) is 0 Å². The van der Waals surface area contributed by atoms with Gasteiger partial charge in [0.2, 0.25) is 5.88 Å². The van der Waals surface area contributed by atoms with Crippen LogP contribution >= 0.6 is 15.9 Å². The molecule has 0 aliphatic carbocycles. The lowest BCUT2D eigenvalue weighted by Gasteiger charge is -2.35. The lowest BCUT2D eigenvalue weighted by Crippen LogP contribution is -2.49. The molecular formula is C23H23BrN4O2. The van der Waals surface area contributed by atoms with E-state index in [0.717, 1.165) is 16.0 Å². The fourth-order valence-corrected chi connectivity index (χ4v) is 3.64. The topological polar surface area (TPSA) is 58.6 Å². The van der Waals surface area contributed by atoms with Gasteiger partial charge in [-0.15, -0.1) is 0 Å². The van der Waals surface area contributed by atoms with Crippen molar-refractivity contribution in [3.8, 4) is 11.6 Å². The number of amides is 1. The summed E-state index contributed by atoms with van der Waals surface area (Å²) >= 11 is 3.41. The van der Waals surface area contributed by atoms with Crippen LogP contribution in [0.4, 0.5) is 5.82 Å². The van der Waals surface area contributed by atoms with Crippen molar-refractivity contribution in [2.75, 3.05) is 31.1 Å². The van der Waals surface area contributed by atoms with Crippen molar-refractivity contribution in [3.05, 3.63) is 76.0 Å². The molecule has 0 unspecified atom stereocenters. The van der Waals surface area contributed by atoms with E-state index >= 15 is 0 Å². The van der Waals surface area contributed by atoms with E-state index in [1.165, 1.54) is 5.56 Å². The Hall–Kier alpha value is -2.93. The van der Waals surface area contributed by atoms with Gasteiger partial charge in [-0.2, -0.15) is 4.98 Å². The summed E-state index contributed by atoms with van der Waals surface area (Å²) in [6.07, 6.45) is 0. The van der Waals surface area contributed by atoms with Gasteiger partial charge in [0.15, 0.2) is 0 Å². The van der Waals surface area contributed by atoms with E-state index in [2.05, 4.69) is 30.8 Å². The largest absolute Gasteiger partial charge is 0.439 e. The number of hydrogen-bond donors (Lipinski definition) is 0. The van der Waals surface area contributed by atoms with Gasteiger partial charge < -0.3 is 14.5 Å². The molecule has 0 atom stereocenters. The summed E-state index contributed by atoms with van der Waals surface area (Å²) in [5.41, 5.74) is 1.88. The van der Waals surface area contributed by atoms with Gasteiger partial charge in [-0.05, 0) is 50.2 Å². The highest BCUT2D eigenvalue weighted by atomic mass is 79.9. The van der Waals surface area contributed by atoms with Crippen LogP contribution < -0.4 is 9.64 Å². The predicted molar refractivity (Wildman–Crippen MR) is 120 cm³/mol. The van der Waals surface area contributed by atoms with Crippen LogP contribution in [0.15, 0.2) is 59.1 Å². The molecule has 1 amide bonds. The first kappa shape index (κ1) is 20.3. The molecule has 0 N–H and O–H groups in total. The number of carbonyl (C=O) groups is 1. The zero-order valence-corrected chi connectivity index (χ0v) is 18.6. The minimum absolute atomic E-state index is 0.0596. The summed E-state index contributed by atoms with van der Waals surface area (Å²) in [5, 5.41) is 0. The van der Waals surface area contributed by atoms with Gasteiger partial charge in [0, 0.05) is 42.3 Å². The number of halogens is 1. The van der Waals surface area contributed by atoms with E-state index in [1.54, 1.807) is 0 Å². The maximum Gasteiger partial charge on any atom is 0.253 e. The average molecular weight is 467 g/mol. The summed E-state index contributed by atoms with van der Waals surface area (Å²) < 4.78 is 6.89. The maximum atomic E-state index is 12.7. The molecule has 1 aliphatic heterocycles. The fraction of sp³-hybridized carbons (Fsp3) is 0.261. The number of anilines is 1.